The number of carboxylic acid groups (broad SMARTS) is 1. The molecule has 0 radical (unpaired) electrons. The highest BCUT2D eigenvalue weighted by Gasteiger charge is 2.26. The second kappa shape index (κ2) is 4.68. The van der Waals surface area contributed by atoms with Crippen LogP contribution in [-0.4, -0.2) is 20.7 Å². The van der Waals surface area contributed by atoms with Gasteiger partial charge in [0.05, 0.1) is 0 Å². The summed E-state index contributed by atoms with van der Waals surface area (Å²) in [6.07, 6.45) is 4.69. The molecular formula is C13H15NO4. The minimum atomic E-state index is -1.39. The van der Waals surface area contributed by atoms with Crippen molar-refractivity contribution < 1.29 is 15.0 Å². The molecule has 0 fully saturated rings. The van der Waals surface area contributed by atoms with E-state index in [1.807, 2.05) is 0 Å². The molecule has 0 spiro atoms. The molecule has 0 unspecified atom stereocenters. The first kappa shape index (κ1) is 12.4. The van der Waals surface area contributed by atoms with E-state index < -0.39 is 17.1 Å². The van der Waals surface area contributed by atoms with Gasteiger partial charge >= 0.3 is 5.97 Å². The van der Waals surface area contributed by atoms with E-state index in [2.05, 4.69) is 6.58 Å². The van der Waals surface area contributed by atoms with E-state index in [-0.39, 0.29) is 12.3 Å². The molecule has 0 saturated heterocycles. The van der Waals surface area contributed by atoms with Crippen molar-refractivity contribution in [3.05, 3.63) is 39.8 Å². The molecule has 0 saturated carbocycles. The van der Waals surface area contributed by atoms with E-state index in [0.29, 0.717) is 18.4 Å². The standard InChI is InChI=1S/C13H15NO4/c1-2-7-14-9-6-4-3-5-8(9)11(15)10(12(14)16)13(17)18/h2,15H,1,3-7H2,(H,17,18). The lowest BCUT2D eigenvalue weighted by molar-refractivity contribution is 0.0690. The number of aromatic hydroxyl groups is 1. The molecule has 0 aliphatic heterocycles. The Balaban J connectivity index is 2.80. The highest BCUT2D eigenvalue weighted by Crippen LogP contribution is 2.30. The molecule has 2 rings (SSSR count). The third-order valence-electron chi connectivity index (χ3n) is 3.27. The Bertz CT molecular complexity index is 571. The number of carbonyl (C=O) groups is 1. The van der Waals surface area contributed by atoms with Crippen molar-refractivity contribution in [3.63, 3.8) is 0 Å². The molecule has 2 N–H and O–H groups in total. The number of pyridine rings is 1. The summed E-state index contributed by atoms with van der Waals surface area (Å²) < 4.78 is 1.41. The summed E-state index contributed by atoms with van der Waals surface area (Å²) in [6.45, 7) is 3.84. The van der Waals surface area contributed by atoms with Gasteiger partial charge in [0.15, 0.2) is 5.56 Å². The van der Waals surface area contributed by atoms with Crippen LogP contribution >= 0.6 is 0 Å². The van der Waals surface area contributed by atoms with Crippen molar-refractivity contribution in [3.8, 4) is 5.75 Å². The maximum absolute atomic E-state index is 12.1. The smallest absolute Gasteiger partial charge is 0.345 e. The molecule has 96 valence electrons. The summed E-state index contributed by atoms with van der Waals surface area (Å²) in [7, 11) is 0. The second-order valence-electron chi connectivity index (χ2n) is 4.37. The van der Waals surface area contributed by atoms with Crippen molar-refractivity contribution in [2.45, 2.75) is 32.2 Å². The van der Waals surface area contributed by atoms with Crippen molar-refractivity contribution in [1.29, 1.82) is 0 Å². The average Bonchev–Trinajstić information content (AvgIpc) is 2.34. The summed E-state index contributed by atoms with van der Waals surface area (Å²) in [5, 5.41) is 19.0. The largest absolute Gasteiger partial charge is 0.506 e. The van der Waals surface area contributed by atoms with Crippen LogP contribution in [0.15, 0.2) is 17.4 Å². The van der Waals surface area contributed by atoms with Crippen LogP contribution in [0.1, 0.15) is 34.5 Å². The highest BCUT2D eigenvalue weighted by molar-refractivity contribution is 5.91. The van der Waals surface area contributed by atoms with Crippen LogP contribution in [0.5, 0.6) is 5.75 Å². The molecule has 0 atom stereocenters. The predicted molar refractivity (Wildman–Crippen MR) is 66.2 cm³/mol. The van der Waals surface area contributed by atoms with Gasteiger partial charge in [0, 0.05) is 17.8 Å². The first-order valence-electron chi connectivity index (χ1n) is 5.89. The van der Waals surface area contributed by atoms with Crippen LogP contribution in [0.2, 0.25) is 0 Å². The molecule has 0 amide bonds. The zero-order chi connectivity index (χ0) is 13.3. The lowest BCUT2D eigenvalue weighted by atomic mass is 9.93. The first-order chi connectivity index (χ1) is 8.57. The van der Waals surface area contributed by atoms with E-state index in [1.165, 1.54) is 4.57 Å². The van der Waals surface area contributed by atoms with Crippen LogP contribution in [0.25, 0.3) is 0 Å². The molecule has 1 aliphatic carbocycles. The van der Waals surface area contributed by atoms with E-state index in [4.69, 9.17) is 5.11 Å². The minimum absolute atomic E-state index is 0.266. The van der Waals surface area contributed by atoms with Gasteiger partial charge in [0.1, 0.15) is 5.75 Å². The molecule has 5 nitrogen and oxygen atoms in total. The third-order valence-corrected chi connectivity index (χ3v) is 3.27. The second-order valence-corrected chi connectivity index (χ2v) is 4.37. The van der Waals surface area contributed by atoms with E-state index in [1.54, 1.807) is 6.08 Å². The number of fused-ring (bicyclic) bond motifs is 1. The van der Waals surface area contributed by atoms with Gasteiger partial charge in [-0.05, 0) is 25.7 Å². The third kappa shape index (κ3) is 1.81. The quantitative estimate of drug-likeness (QED) is 0.792. The number of hydrogen-bond donors (Lipinski definition) is 2. The lowest BCUT2D eigenvalue weighted by Crippen LogP contribution is -2.31. The molecular weight excluding hydrogens is 234 g/mol. The van der Waals surface area contributed by atoms with Crippen molar-refractivity contribution in [1.82, 2.24) is 4.57 Å². The fraction of sp³-hybridized carbons (Fsp3) is 0.385. The predicted octanol–water partition coefficient (Wildman–Crippen LogP) is 1.32. The average molecular weight is 249 g/mol. The number of carboxylic acids is 1. The van der Waals surface area contributed by atoms with Gasteiger partial charge in [0.2, 0.25) is 0 Å². The van der Waals surface area contributed by atoms with Crippen LogP contribution in [0.3, 0.4) is 0 Å². The van der Waals surface area contributed by atoms with Crippen molar-refractivity contribution >= 4 is 5.97 Å². The van der Waals surface area contributed by atoms with Crippen molar-refractivity contribution in [2.24, 2.45) is 0 Å². The summed E-state index contributed by atoms with van der Waals surface area (Å²) >= 11 is 0. The monoisotopic (exact) mass is 249 g/mol. The number of hydrogen-bond acceptors (Lipinski definition) is 3. The van der Waals surface area contributed by atoms with Crippen LogP contribution < -0.4 is 5.56 Å². The van der Waals surface area contributed by atoms with Gasteiger partial charge in [-0.3, -0.25) is 4.79 Å². The van der Waals surface area contributed by atoms with E-state index >= 15 is 0 Å². The van der Waals surface area contributed by atoms with Gasteiger partial charge in [0.25, 0.3) is 5.56 Å². The summed E-state index contributed by atoms with van der Waals surface area (Å²) in [4.78, 5) is 23.2. The molecule has 1 aromatic heterocycles. The number of rotatable bonds is 3. The SMILES string of the molecule is C=CCn1c2c(c(O)c(C(=O)O)c1=O)CCCC2. The van der Waals surface area contributed by atoms with Gasteiger partial charge in [-0.2, -0.15) is 0 Å². The number of aromatic nitrogens is 1. The van der Waals surface area contributed by atoms with Gasteiger partial charge in [-0.25, -0.2) is 4.79 Å². The fourth-order valence-electron chi connectivity index (χ4n) is 2.47. The topological polar surface area (TPSA) is 79.5 Å². The molecule has 0 aromatic carbocycles. The molecule has 1 aliphatic rings. The number of nitrogens with zero attached hydrogens (tertiary/aromatic N) is 1. The Hall–Kier alpha value is -2.04. The fourth-order valence-corrected chi connectivity index (χ4v) is 2.47. The van der Waals surface area contributed by atoms with Gasteiger partial charge < -0.3 is 14.8 Å². The maximum Gasteiger partial charge on any atom is 0.345 e. The Kier molecular flexibility index (Phi) is 3.23. The van der Waals surface area contributed by atoms with Crippen LogP contribution in [0.4, 0.5) is 0 Å². The molecule has 1 aromatic rings. The first-order valence-corrected chi connectivity index (χ1v) is 5.89. The van der Waals surface area contributed by atoms with Crippen LogP contribution in [-0.2, 0) is 19.4 Å². The molecule has 1 heterocycles. The van der Waals surface area contributed by atoms with Gasteiger partial charge in [-0.15, -0.1) is 6.58 Å². The summed E-state index contributed by atoms with van der Waals surface area (Å²) in [5.41, 5.74) is 0.159. The molecule has 0 bridgehead atoms. The molecule has 5 heteroatoms. The number of aromatic carboxylic acids is 1. The normalized spacial score (nSPS) is 14.0. The van der Waals surface area contributed by atoms with Crippen LogP contribution in [0, 0.1) is 0 Å². The highest BCUT2D eigenvalue weighted by atomic mass is 16.4. The van der Waals surface area contributed by atoms with E-state index in [0.717, 1.165) is 18.5 Å². The Morgan fingerprint density at radius 1 is 1.39 bits per heavy atom. The summed E-state index contributed by atoms with van der Waals surface area (Å²) in [5.74, 6) is -1.74. The maximum atomic E-state index is 12.1. The zero-order valence-electron chi connectivity index (χ0n) is 9.98. The minimum Gasteiger partial charge on any atom is -0.506 e. The Morgan fingerprint density at radius 3 is 2.67 bits per heavy atom. The zero-order valence-corrected chi connectivity index (χ0v) is 9.98. The lowest BCUT2D eigenvalue weighted by Gasteiger charge is -2.22. The summed E-state index contributed by atoms with van der Waals surface area (Å²) in [6, 6.07) is 0. The van der Waals surface area contributed by atoms with E-state index in [9.17, 15) is 14.7 Å². The Morgan fingerprint density at radius 2 is 2.06 bits per heavy atom. The number of allylic oxidation sites excluding steroid dienone is 1. The molecule has 18 heavy (non-hydrogen) atoms. The Labute approximate surface area is 104 Å². The van der Waals surface area contributed by atoms with Gasteiger partial charge in [-0.1, -0.05) is 6.08 Å². The van der Waals surface area contributed by atoms with Crippen molar-refractivity contribution in [2.75, 3.05) is 0 Å².